The average Bonchev–Trinajstić information content (AvgIpc) is 3.65. The van der Waals surface area contributed by atoms with Crippen LogP contribution >= 0.6 is 23.1 Å². The molecule has 0 radical (unpaired) electrons. The fourth-order valence-electron chi connectivity index (χ4n) is 4.39. The van der Waals surface area contributed by atoms with E-state index < -0.39 is 0 Å². The van der Waals surface area contributed by atoms with Crippen molar-refractivity contribution in [3.63, 3.8) is 0 Å². The van der Waals surface area contributed by atoms with Crippen molar-refractivity contribution >= 4 is 45.9 Å². The zero-order valence-corrected chi connectivity index (χ0v) is 20.6. The predicted molar refractivity (Wildman–Crippen MR) is 134 cm³/mol. The molecule has 1 N–H and O–H groups in total. The number of hydrazone groups is 1. The highest BCUT2D eigenvalue weighted by Crippen LogP contribution is 2.45. The number of rotatable bonds is 9. The Kier molecular flexibility index (Phi) is 7.15. The van der Waals surface area contributed by atoms with Crippen molar-refractivity contribution in [2.45, 2.75) is 49.4 Å². The summed E-state index contributed by atoms with van der Waals surface area (Å²) in [5, 5.41) is 18.9. The summed E-state index contributed by atoms with van der Waals surface area (Å²) < 4.78 is 12.1. The summed E-state index contributed by atoms with van der Waals surface area (Å²) in [6.07, 6.45) is 10.5. The lowest BCUT2D eigenvalue weighted by molar-refractivity contribution is -0.131. The van der Waals surface area contributed by atoms with Gasteiger partial charge in [0.1, 0.15) is 17.6 Å². The molecule has 2 aliphatic rings. The van der Waals surface area contributed by atoms with Crippen molar-refractivity contribution in [1.82, 2.24) is 15.2 Å². The van der Waals surface area contributed by atoms with Gasteiger partial charge >= 0.3 is 0 Å². The van der Waals surface area contributed by atoms with Crippen molar-refractivity contribution in [2.24, 2.45) is 11.0 Å². The largest absolute Gasteiger partial charge is 0.467 e. The lowest BCUT2D eigenvalue weighted by atomic mass is 9.79. The Morgan fingerprint density at radius 2 is 2.18 bits per heavy atom. The molecule has 1 saturated carbocycles. The molecule has 1 amide bonds. The van der Waals surface area contributed by atoms with Gasteiger partial charge in [-0.1, -0.05) is 36.4 Å². The Morgan fingerprint density at radius 1 is 1.29 bits per heavy atom. The first-order chi connectivity index (χ1) is 16.7. The normalized spacial score (nSPS) is 21.0. The number of amides is 1. The molecule has 1 aliphatic carbocycles. The molecule has 4 heterocycles. The number of carbonyl (C=O) groups is 1. The highest BCUT2D eigenvalue weighted by Gasteiger charge is 2.45. The Bertz CT molecular complexity index is 1150. The topological polar surface area (TPSA) is 96.8 Å². The standard InChI is InChI=1S/C24H27N5O3S2/c1-2-3-11-25-23-26-27-24(34-23)33-15-20(30)29-22(19-10-6-13-32-19)18-9-4-7-16(21(18)28-29)14-17-8-5-12-31-17/h5-6,8,10,12-14,18,22H,2-4,7,9,11,15H2,1H3,(H,25,26)/b16-14-. The number of anilines is 1. The van der Waals surface area contributed by atoms with Gasteiger partial charge in [-0.3, -0.25) is 4.79 Å². The Labute approximate surface area is 206 Å². The molecule has 10 heteroatoms. The van der Waals surface area contributed by atoms with E-state index in [2.05, 4.69) is 22.4 Å². The summed E-state index contributed by atoms with van der Waals surface area (Å²) in [4.78, 5) is 13.4. The molecule has 0 spiro atoms. The smallest absolute Gasteiger partial charge is 0.253 e. The van der Waals surface area contributed by atoms with E-state index in [9.17, 15) is 4.79 Å². The van der Waals surface area contributed by atoms with E-state index in [1.807, 2.05) is 30.3 Å². The maximum Gasteiger partial charge on any atom is 0.253 e. The van der Waals surface area contributed by atoms with E-state index >= 15 is 0 Å². The highest BCUT2D eigenvalue weighted by atomic mass is 32.2. The first-order valence-corrected chi connectivity index (χ1v) is 13.4. The number of nitrogens with one attached hydrogen (secondary N) is 1. The van der Waals surface area contributed by atoms with Crippen molar-refractivity contribution in [1.29, 1.82) is 0 Å². The lowest BCUT2D eigenvalue weighted by Crippen LogP contribution is -2.32. The quantitative estimate of drug-likeness (QED) is 0.292. The molecular formula is C24H27N5O3S2. The second-order valence-electron chi connectivity index (χ2n) is 8.31. The fourth-order valence-corrected chi connectivity index (χ4v) is 6.02. The van der Waals surface area contributed by atoms with Crippen molar-refractivity contribution in [3.8, 4) is 0 Å². The third kappa shape index (κ3) is 4.97. The molecule has 3 aromatic heterocycles. The van der Waals surface area contributed by atoms with E-state index in [4.69, 9.17) is 13.9 Å². The number of hydrogen-bond acceptors (Lipinski definition) is 9. The van der Waals surface area contributed by atoms with Gasteiger partial charge in [-0.05, 0) is 61.6 Å². The van der Waals surface area contributed by atoms with Gasteiger partial charge in [0, 0.05) is 12.5 Å². The molecule has 2 atom stereocenters. The third-order valence-electron chi connectivity index (χ3n) is 5.98. The van der Waals surface area contributed by atoms with Gasteiger partial charge in [-0.15, -0.1) is 10.2 Å². The van der Waals surface area contributed by atoms with E-state index in [1.165, 1.54) is 23.1 Å². The van der Waals surface area contributed by atoms with Crippen LogP contribution in [-0.4, -0.2) is 39.1 Å². The summed E-state index contributed by atoms with van der Waals surface area (Å²) in [5.41, 5.74) is 2.08. The molecule has 5 rings (SSSR count). The third-order valence-corrected chi connectivity index (χ3v) is 7.98. The van der Waals surface area contributed by atoms with E-state index in [0.717, 1.165) is 70.9 Å². The monoisotopic (exact) mass is 497 g/mol. The van der Waals surface area contributed by atoms with Gasteiger partial charge in [0.25, 0.3) is 5.91 Å². The minimum Gasteiger partial charge on any atom is -0.467 e. The number of nitrogens with zero attached hydrogens (tertiary/aromatic N) is 4. The number of carbonyl (C=O) groups excluding carboxylic acids is 1. The van der Waals surface area contributed by atoms with Crippen LogP contribution in [0, 0.1) is 5.92 Å². The summed E-state index contributed by atoms with van der Waals surface area (Å²) in [7, 11) is 0. The van der Waals surface area contributed by atoms with Gasteiger partial charge in [0.15, 0.2) is 4.34 Å². The number of hydrogen-bond donors (Lipinski definition) is 1. The molecule has 1 fully saturated rings. The summed E-state index contributed by atoms with van der Waals surface area (Å²) >= 11 is 2.87. The van der Waals surface area contributed by atoms with Crippen LogP contribution in [0.25, 0.3) is 6.08 Å². The maximum atomic E-state index is 13.4. The van der Waals surface area contributed by atoms with Crippen LogP contribution in [0.5, 0.6) is 0 Å². The molecule has 34 heavy (non-hydrogen) atoms. The number of fused-ring (bicyclic) bond motifs is 1. The summed E-state index contributed by atoms with van der Waals surface area (Å²) in [6, 6.07) is 7.36. The van der Waals surface area contributed by atoms with Crippen LogP contribution < -0.4 is 5.32 Å². The van der Waals surface area contributed by atoms with E-state index in [1.54, 1.807) is 17.5 Å². The zero-order chi connectivity index (χ0) is 23.3. The van der Waals surface area contributed by atoms with Crippen LogP contribution in [0.1, 0.15) is 56.6 Å². The van der Waals surface area contributed by atoms with Gasteiger partial charge in [0.05, 0.1) is 24.0 Å². The average molecular weight is 498 g/mol. The first-order valence-electron chi connectivity index (χ1n) is 11.6. The zero-order valence-electron chi connectivity index (χ0n) is 19.0. The second-order valence-corrected chi connectivity index (χ2v) is 10.5. The number of allylic oxidation sites excluding steroid dienone is 1. The highest BCUT2D eigenvalue weighted by molar-refractivity contribution is 8.01. The molecule has 2 unspecified atom stereocenters. The van der Waals surface area contributed by atoms with Crippen molar-refractivity contribution in [3.05, 3.63) is 53.9 Å². The molecule has 0 aromatic carbocycles. The van der Waals surface area contributed by atoms with Gasteiger partial charge in [-0.2, -0.15) is 5.10 Å². The van der Waals surface area contributed by atoms with Crippen LogP contribution in [0.15, 0.2) is 60.6 Å². The maximum absolute atomic E-state index is 13.4. The Morgan fingerprint density at radius 3 is 2.97 bits per heavy atom. The van der Waals surface area contributed by atoms with Gasteiger partial charge in [-0.25, -0.2) is 5.01 Å². The first kappa shape index (κ1) is 22.9. The minimum absolute atomic E-state index is 0.0682. The van der Waals surface area contributed by atoms with Crippen LogP contribution in [-0.2, 0) is 4.79 Å². The molecule has 0 saturated heterocycles. The summed E-state index contributed by atoms with van der Waals surface area (Å²) in [6.45, 7) is 3.03. The molecule has 8 nitrogen and oxygen atoms in total. The van der Waals surface area contributed by atoms with Crippen molar-refractivity contribution < 1.29 is 13.6 Å². The van der Waals surface area contributed by atoms with Gasteiger partial charge < -0.3 is 14.2 Å². The number of aromatic nitrogens is 2. The molecule has 3 aromatic rings. The van der Waals surface area contributed by atoms with Crippen LogP contribution in [0.2, 0.25) is 0 Å². The van der Waals surface area contributed by atoms with E-state index in [0.29, 0.717) is 0 Å². The van der Waals surface area contributed by atoms with E-state index in [-0.39, 0.29) is 23.6 Å². The Hall–Kier alpha value is -2.85. The fraction of sp³-hybridized carbons (Fsp3) is 0.417. The molecular weight excluding hydrogens is 470 g/mol. The van der Waals surface area contributed by atoms with Crippen LogP contribution in [0.4, 0.5) is 5.13 Å². The minimum atomic E-state index is -0.237. The predicted octanol–water partition coefficient (Wildman–Crippen LogP) is 5.85. The van der Waals surface area contributed by atoms with Crippen molar-refractivity contribution in [2.75, 3.05) is 17.6 Å². The molecule has 178 valence electrons. The Balaban J connectivity index is 1.33. The molecule has 1 aliphatic heterocycles. The second kappa shape index (κ2) is 10.6. The number of furan rings is 2. The lowest BCUT2D eigenvalue weighted by Gasteiger charge is -2.27. The molecule has 0 bridgehead atoms. The number of thioether (sulfide) groups is 1. The van der Waals surface area contributed by atoms with Gasteiger partial charge in [0.2, 0.25) is 5.13 Å². The SMILES string of the molecule is CCCCNc1nnc(SCC(=O)N2N=C3/C(=C\c4ccco4)CCCC3C2c2ccco2)s1. The van der Waals surface area contributed by atoms with Crippen LogP contribution in [0.3, 0.4) is 0 Å². The number of unbranched alkanes of at least 4 members (excludes halogenated alkanes) is 1. The summed E-state index contributed by atoms with van der Waals surface area (Å²) in [5.74, 6) is 1.83.